The standard InChI is InChI=1S/C15H15NO2/c1-4-6-11(7-5-2)15-16-13-9-8-12(17-3)10-14(13)18-15/h4-10H,1H2,2-3H3/b7-5-,11-6+. The van der Waals surface area contributed by atoms with E-state index < -0.39 is 0 Å². The molecular weight excluding hydrogens is 226 g/mol. The van der Waals surface area contributed by atoms with Crippen LogP contribution in [-0.2, 0) is 0 Å². The fourth-order valence-corrected chi connectivity index (χ4v) is 1.66. The van der Waals surface area contributed by atoms with Gasteiger partial charge in [-0.25, -0.2) is 4.98 Å². The number of aromatic nitrogens is 1. The highest BCUT2D eigenvalue weighted by Gasteiger charge is 2.08. The first-order chi connectivity index (χ1) is 8.78. The molecule has 18 heavy (non-hydrogen) atoms. The predicted octanol–water partition coefficient (Wildman–Crippen LogP) is 3.98. The molecule has 1 aromatic heterocycles. The van der Waals surface area contributed by atoms with E-state index in [4.69, 9.17) is 9.15 Å². The molecule has 0 spiro atoms. The maximum Gasteiger partial charge on any atom is 0.227 e. The lowest BCUT2D eigenvalue weighted by Crippen LogP contribution is -1.80. The second-order valence-electron chi connectivity index (χ2n) is 3.71. The molecule has 0 saturated carbocycles. The van der Waals surface area contributed by atoms with Crippen molar-refractivity contribution in [3.05, 3.63) is 55.0 Å². The van der Waals surface area contributed by atoms with Crippen LogP contribution in [0.5, 0.6) is 5.75 Å². The summed E-state index contributed by atoms with van der Waals surface area (Å²) >= 11 is 0. The van der Waals surface area contributed by atoms with Crippen LogP contribution in [0.2, 0.25) is 0 Å². The second-order valence-corrected chi connectivity index (χ2v) is 3.71. The summed E-state index contributed by atoms with van der Waals surface area (Å²) in [6.07, 6.45) is 7.45. The number of ether oxygens (including phenoxy) is 1. The summed E-state index contributed by atoms with van der Waals surface area (Å²) < 4.78 is 10.9. The molecule has 1 aromatic carbocycles. The number of fused-ring (bicyclic) bond motifs is 1. The first-order valence-electron chi connectivity index (χ1n) is 5.69. The van der Waals surface area contributed by atoms with Gasteiger partial charge in [-0.1, -0.05) is 30.9 Å². The van der Waals surface area contributed by atoms with E-state index in [1.54, 1.807) is 13.2 Å². The molecule has 3 nitrogen and oxygen atoms in total. The summed E-state index contributed by atoms with van der Waals surface area (Å²) in [5, 5.41) is 0. The van der Waals surface area contributed by atoms with Crippen LogP contribution in [0.1, 0.15) is 12.8 Å². The lowest BCUT2D eigenvalue weighted by molar-refractivity contribution is 0.414. The van der Waals surface area contributed by atoms with Gasteiger partial charge in [0.2, 0.25) is 5.89 Å². The van der Waals surface area contributed by atoms with Gasteiger partial charge in [0.15, 0.2) is 5.58 Å². The Bertz CT molecular complexity index is 620. The molecule has 0 atom stereocenters. The molecule has 1 heterocycles. The van der Waals surface area contributed by atoms with Gasteiger partial charge in [0.25, 0.3) is 0 Å². The average Bonchev–Trinajstić information content (AvgIpc) is 2.81. The summed E-state index contributed by atoms with van der Waals surface area (Å²) in [7, 11) is 1.63. The first-order valence-corrected chi connectivity index (χ1v) is 5.69. The number of rotatable bonds is 4. The molecule has 0 aliphatic carbocycles. The minimum absolute atomic E-state index is 0.580. The number of hydrogen-bond donors (Lipinski definition) is 0. The van der Waals surface area contributed by atoms with Crippen molar-refractivity contribution in [3.63, 3.8) is 0 Å². The van der Waals surface area contributed by atoms with Crippen LogP contribution in [0.15, 0.2) is 53.5 Å². The lowest BCUT2D eigenvalue weighted by atomic mass is 10.2. The van der Waals surface area contributed by atoms with Crippen LogP contribution in [0.4, 0.5) is 0 Å². The molecule has 0 bridgehead atoms. The van der Waals surface area contributed by atoms with E-state index in [0.29, 0.717) is 11.5 Å². The van der Waals surface area contributed by atoms with Gasteiger partial charge < -0.3 is 9.15 Å². The Morgan fingerprint density at radius 2 is 2.28 bits per heavy atom. The van der Waals surface area contributed by atoms with Crippen molar-refractivity contribution in [1.29, 1.82) is 0 Å². The Morgan fingerprint density at radius 3 is 2.94 bits per heavy atom. The zero-order chi connectivity index (χ0) is 13.0. The Balaban J connectivity index is 2.51. The largest absolute Gasteiger partial charge is 0.497 e. The number of oxazole rings is 1. The van der Waals surface area contributed by atoms with E-state index in [9.17, 15) is 0 Å². The van der Waals surface area contributed by atoms with Crippen molar-refractivity contribution < 1.29 is 9.15 Å². The molecule has 0 aliphatic heterocycles. The van der Waals surface area contributed by atoms with E-state index in [2.05, 4.69) is 11.6 Å². The van der Waals surface area contributed by atoms with E-state index in [0.717, 1.165) is 16.8 Å². The van der Waals surface area contributed by atoms with Crippen LogP contribution >= 0.6 is 0 Å². The van der Waals surface area contributed by atoms with Gasteiger partial charge in [-0.15, -0.1) is 0 Å². The molecule has 0 amide bonds. The van der Waals surface area contributed by atoms with Gasteiger partial charge in [0.1, 0.15) is 11.3 Å². The predicted molar refractivity (Wildman–Crippen MR) is 73.5 cm³/mol. The zero-order valence-electron chi connectivity index (χ0n) is 10.5. The monoisotopic (exact) mass is 241 g/mol. The molecule has 0 saturated heterocycles. The Labute approximate surface area is 106 Å². The highest BCUT2D eigenvalue weighted by atomic mass is 16.5. The molecule has 3 heteroatoms. The highest BCUT2D eigenvalue weighted by molar-refractivity contribution is 5.79. The van der Waals surface area contributed by atoms with Crippen LogP contribution < -0.4 is 4.74 Å². The van der Waals surface area contributed by atoms with Crippen molar-refractivity contribution in [1.82, 2.24) is 4.98 Å². The fourth-order valence-electron chi connectivity index (χ4n) is 1.66. The van der Waals surface area contributed by atoms with Crippen molar-refractivity contribution in [2.75, 3.05) is 7.11 Å². The minimum atomic E-state index is 0.580. The van der Waals surface area contributed by atoms with Crippen molar-refractivity contribution in [2.24, 2.45) is 0 Å². The second kappa shape index (κ2) is 5.36. The van der Waals surface area contributed by atoms with Crippen LogP contribution in [0.3, 0.4) is 0 Å². The molecule has 2 rings (SSSR count). The molecule has 0 fully saturated rings. The molecule has 0 aliphatic rings. The van der Waals surface area contributed by atoms with Crippen LogP contribution in [-0.4, -0.2) is 12.1 Å². The molecular formula is C15H15NO2. The number of hydrogen-bond acceptors (Lipinski definition) is 3. The number of nitrogens with zero attached hydrogens (tertiary/aromatic N) is 1. The van der Waals surface area contributed by atoms with Gasteiger partial charge in [0, 0.05) is 11.6 Å². The Hall–Kier alpha value is -2.29. The SMILES string of the molecule is C=C/C=C(\C=C/C)c1nc2ccc(OC)cc2o1. The maximum absolute atomic E-state index is 5.72. The normalized spacial score (nSPS) is 12.2. The van der Waals surface area contributed by atoms with Crippen molar-refractivity contribution in [3.8, 4) is 5.75 Å². The topological polar surface area (TPSA) is 35.3 Å². The maximum atomic E-state index is 5.72. The lowest BCUT2D eigenvalue weighted by Gasteiger charge is -1.96. The van der Waals surface area contributed by atoms with Crippen molar-refractivity contribution >= 4 is 16.7 Å². The van der Waals surface area contributed by atoms with Crippen molar-refractivity contribution in [2.45, 2.75) is 6.92 Å². The van der Waals surface area contributed by atoms with Gasteiger partial charge in [-0.05, 0) is 19.1 Å². The fraction of sp³-hybridized carbons (Fsp3) is 0.133. The highest BCUT2D eigenvalue weighted by Crippen LogP contribution is 2.25. The van der Waals surface area contributed by atoms with E-state index in [-0.39, 0.29) is 0 Å². The number of allylic oxidation sites excluding steroid dienone is 5. The van der Waals surface area contributed by atoms with Gasteiger partial charge in [-0.3, -0.25) is 0 Å². The third-order valence-corrected chi connectivity index (χ3v) is 2.49. The van der Waals surface area contributed by atoms with Gasteiger partial charge in [-0.2, -0.15) is 0 Å². The van der Waals surface area contributed by atoms with E-state index in [1.165, 1.54) is 0 Å². The summed E-state index contributed by atoms with van der Waals surface area (Å²) in [5.41, 5.74) is 2.41. The average molecular weight is 241 g/mol. The number of benzene rings is 1. The Morgan fingerprint density at radius 1 is 1.44 bits per heavy atom. The Kier molecular flexibility index (Phi) is 3.63. The summed E-state index contributed by atoms with van der Waals surface area (Å²) in [5.74, 6) is 1.33. The summed E-state index contributed by atoms with van der Waals surface area (Å²) in [4.78, 5) is 4.44. The quantitative estimate of drug-likeness (QED) is 0.759. The third-order valence-electron chi connectivity index (χ3n) is 2.49. The summed E-state index contributed by atoms with van der Waals surface area (Å²) in [6.45, 7) is 5.64. The van der Waals surface area contributed by atoms with Gasteiger partial charge >= 0.3 is 0 Å². The van der Waals surface area contributed by atoms with Crippen LogP contribution in [0.25, 0.3) is 16.7 Å². The zero-order valence-corrected chi connectivity index (χ0v) is 10.5. The summed E-state index contributed by atoms with van der Waals surface area (Å²) in [6, 6.07) is 5.57. The first kappa shape index (κ1) is 12.2. The van der Waals surface area contributed by atoms with E-state index >= 15 is 0 Å². The smallest absolute Gasteiger partial charge is 0.227 e. The third kappa shape index (κ3) is 2.35. The molecule has 92 valence electrons. The molecule has 0 N–H and O–H groups in total. The number of methoxy groups -OCH3 is 1. The molecule has 2 aromatic rings. The molecule has 0 unspecified atom stereocenters. The van der Waals surface area contributed by atoms with Gasteiger partial charge in [0.05, 0.1) is 7.11 Å². The van der Waals surface area contributed by atoms with Crippen LogP contribution in [0, 0.1) is 0 Å². The van der Waals surface area contributed by atoms with E-state index in [1.807, 2.05) is 43.4 Å². The minimum Gasteiger partial charge on any atom is -0.497 e. The molecule has 0 radical (unpaired) electrons.